The van der Waals surface area contributed by atoms with Crippen LogP contribution >= 0.6 is 0 Å². The molecule has 0 aromatic heterocycles. The maximum atomic E-state index is 9.85. The van der Waals surface area contributed by atoms with Gasteiger partial charge >= 0.3 is 0 Å². The van der Waals surface area contributed by atoms with Crippen LogP contribution in [0.5, 0.6) is 0 Å². The van der Waals surface area contributed by atoms with Crippen LogP contribution in [0.15, 0.2) is 0 Å². The minimum atomic E-state index is -1.20. The van der Waals surface area contributed by atoms with E-state index in [2.05, 4.69) is 0 Å². The van der Waals surface area contributed by atoms with Crippen molar-refractivity contribution >= 4 is 0 Å². The van der Waals surface area contributed by atoms with E-state index >= 15 is 0 Å². The van der Waals surface area contributed by atoms with Crippen molar-refractivity contribution in [1.29, 1.82) is 0 Å². The van der Waals surface area contributed by atoms with Gasteiger partial charge in [0, 0.05) is 7.11 Å². The fraction of sp³-hybridized carbons (Fsp3) is 1.00. The number of aliphatic hydroxyl groups is 3. The quantitative estimate of drug-likeness (QED) is 0.602. The van der Waals surface area contributed by atoms with Crippen LogP contribution in [0, 0.1) is 5.41 Å². The van der Waals surface area contributed by atoms with Crippen LogP contribution in [0.25, 0.3) is 0 Å². The first-order valence-electron chi connectivity index (χ1n) is 5.47. The third-order valence-electron chi connectivity index (χ3n) is 2.90. The zero-order valence-corrected chi connectivity index (χ0v) is 10.3. The van der Waals surface area contributed by atoms with Gasteiger partial charge < -0.3 is 24.8 Å². The molecule has 0 radical (unpaired) electrons. The number of ether oxygens (including phenoxy) is 2. The summed E-state index contributed by atoms with van der Waals surface area (Å²) in [5.74, 6) is 0. The van der Waals surface area contributed by atoms with Gasteiger partial charge in [-0.1, -0.05) is 20.8 Å². The van der Waals surface area contributed by atoms with Crippen LogP contribution in [0.3, 0.4) is 0 Å². The molecule has 5 heteroatoms. The number of methoxy groups -OCH3 is 1. The molecule has 1 heterocycles. The van der Waals surface area contributed by atoms with E-state index < -0.39 is 30.5 Å². The van der Waals surface area contributed by atoms with Crippen molar-refractivity contribution < 1.29 is 24.8 Å². The van der Waals surface area contributed by atoms with Gasteiger partial charge in [0.25, 0.3) is 0 Å². The Labute approximate surface area is 96.0 Å². The largest absolute Gasteiger partial charge is 0.388 e. The van der Waals surface area contributed by atoms with Crippen LogP contribution in [-0.4, -0.2) is 59.6 Å². The second-order valence-corrected chi connectivity index (χ2v) is 5.39. The Morgan fingerprint density at radius 3 is 2.06 bits per heavy atom. The molecule has 3 N–H and O–H groups in total. The van der Waals surface area contributed by atoms with Gasteiger partial charge in [-0.15, -0.1) is 0 Å². The number of rotatable bonds is 2. The van der Waals surface area contributed by atoms with Crippen molar-refractivity contribution in [2.24, 2.45) is 5.41 Å². The molecule has 0 aromatic carbocycles. The van der Waals surface area contributed by atoms with Gasteiger partial charge in [0.1, 0.15) is 24.4 Å². The first-order chi connectivity index (χ1) is 7.29. The highest BCUT2D eigenvalue weighted by molar-refractivity contribution is 4.96. The minimum Gasteiger partial charge on any atom is -0.388 e. The van der Waals surface area contributed by atoms with Crippen molar-refractivity contribution in [3.05, 3.63) is 0 Å². The molecule has 96 valence electrons. The molecule has 1 aliphatic heterocycles. The topological polar surface area (TPSA) is 79.2 Å². The molecule has 0 spiro atoms. The van der Waals surface area contributed by atoms with Crippen LogP contribution in [-0.2, 0) is 9.47 Å². The van der Waals surface area contributed by atoms with Gasteiger partial charge in [0.05, 0.1) is 12.7 Å². The number of aliphatic hydroxyl groups excluding tert-OH is 3. The summed E-state index contributed by atoms with van der Waals surface area (Å²) < 4.78 is 10.5. The average Bonchev–Trinajstić information content (AvgIpc) is 2.17. The van der Waals surface area contributed by atoms with Crippen molar-refractivity contribution in [3.8, 4) is 0 Å². The third-order valence-corrected chi connectivity index (χ3v) is 2.90. The fourth-order valence-corrected chi connectivity index (χ4v) is 1.97. The number of hydrogen-bond acceptors (Lipinski definition) is 5. The van der Waals surface area contributed by atoms with Crippen LogP contribution in [0.1, 0.15) is 20.8 Å². The molecule has 0 aromatic rings. The summed E-state index contributed by atoms with van der Waals surface area (Å²) in [6.07, 6.45) is -4.52. The molecular formula is C11H22O5. The molecule has 0 amide bonds. The van der Waals surface area contributed by atoms with Crippen molar-refractivity contribution in [2.45, 2.75) is 51.3 Å². The molecule has 1 aliphatic rings. The van der Waals surface area contributed by atoms with Crippen LogP contribution in [0.4, 0.5) is 0 Å². The van der Waals surface area contributed by atoms with Crippen molar-refractivity contribution in [3.63, 3.8) is 0 Å². The Hall–Kier alpha value is -0.200. The first kappa shape index (κ1) is 13.9. The Balaban J connectivity index is 2.81. The molecule has 0 saturated carbocycles. The molecule has 1 saturated heterocycles. The maximum Gasteiger partial charge on any atom is 0.111 e. The highest BCUT2D eigenvalue weighted by atomic mass is 16.6. The summed E-state index contributed by atoms with van der Waals surface area (Å²) in [4.78, 5) is 0. The molecule has 5 nitrogen and oxygen atoms in total. The summed E-state index contributed by atoms with van der Waals surface area (Å²) in [6, 6.07) is 0. The van der Waals surface area contributed by atoms with E-state index in [0.717, 1.165) is 0 Å². The van der Waals surface area contributed by atoms with E-state index in [4.69, 9.17) is 9.47 Å². The highest BCUT2D eigenvalue weighted by Gasteiger charge is 2.47. The van der Waals surface area contributed by atoms with Gasteiger partial charge in [0.2, 0.25) is 0 Å². The maximum absolute atomic E-state index is 9.85. The second kappa shape index (κ2) is 4.98. The van der Waals surface area contributed by atoms with Crippen LogP contribution < -0.4 is 0 Å². The lowest BCUT2D eigenvalue weighted by Crippen LogP contribution is -2.61. The van der Waals surface area contributed by atoms with Gasteiger partial charge in [-0.25, -0.2) is 0 Å². The zero-order valence-electron chi connectivity index (χ0n) is 10.3. The highest BCUT2D eigenvalue weighted by Crippen LogP contribution is 2.32. The van der Waals surface area contributed by atoms with E-state index in [-0.39, 0.29) is 12.0 Å². The molecule has 1 fully saturated rings. The van der Waals surface area contributed by atoms with Crippen LogP contribution in [0.2, 0.25) is 0 Å². The lowest BCUT2D eigenvalue weighted by molar-refractivity contribution is -0.252. The SMILES string of the molecule is COC[C@H]1O[C@@H](C(C)(C)C)[C@H](O)[C@@H](O)[C@@H]1O. The number of hydrogen-bond donors (Lipinski definition) is 3. The predicted octanol–water partition coefficient (Wildman–Crippen LogP) is -0.471. The smallest absolute Gasteiger partial charge is 0.111 e. The molecule has 0 aliphatic carbocycles. The fourth-order valence-electron chi connectivity index (χ4n) is 1.97. The normalized spacial score (nSPS) is 41.1. The summed E-state index contributed by atoms with van der Waals surface area (Å²) in [7, 11) is 1.50. The summed E-state index contributed by atoms with van der Waals surface area (Å²) in [5, 5.41) is 29.3. The van der Waals surface area contributed by atoms with Crippen molar-refractivity contribution in [1.82, 2.24) is 0 Å². The standard InChI is InChI=1S/C11H22O5/c1-11(2,3)10-9(14)8(13)7(12)6(16-10)5-15-4/h6-10,12-14H,5H2,1-4H3/t6-,7-,8+,9-,10-/m1/s1. The average molecular weight is 234 g/mol. The molecular weight excluding hydrogens is 212 g/mol. The van der Waals surface area contributed by atoms with Gasteiger partial charge in [-0.3, -0.25) is 0 Å². The molecule has 5 atom stereocenters. The van der Waals surface area contributed by atoms with Gasteiger partial charge in [-0.05, 0) is 5.41 Å². The Morgan fingerprint density at radius 1 is 1.06 bits per heavy atom. The van der Waals surface area contributed by atoms with E-state index in [1.807, 2.05) is 20.8 Å². The molecule has 0 unspecified atom stereocenters. The lowest BCUT2D eigenvalue weighted by Gasteiger charge is -2.45. The van der Waals surface area contributed by atoms with E-state index in [1.165, 1.54) is 7.11 Å². The third kappa shape index (κ3) is 2.73. The first-order valence-corrected chi connectivity index (χ1v) is 5.47. The Bertz CT molecular complexity index is 225. The van der Waals surface area contributed by atoms with Gasteiger partial charge in [0.15, 0.2) is 0 Å². The second-order valence-electron chi connectivity index (χ2n) is 5.39. The van der Waals surface area contributed by atoms with E-state index in [9.17, 15) is 15.3 Å². The van der Waals surface area contributed by atoms with E-state index in [0.29, 0.717) is 0 Å². The van der Waals surface area contributed by atoms with E-state index in [1.54, 1.807) is 0 Å². The van der Waals surface area contributed by atoms with Crippen molar-refractivity contribution in [2.75, 3.05) is 13.7 Å². The summed E-state index contributed by atoms with van der Waals surface area (Å²) in [5.41, 5.74) is -0.313. The summed E-state index contributed by atoms with van der Waals surface area (Å²) >= 11 is 0. The lowest BCUT2D eigenvalue weighted by atomic mass is 9.80. The minimum absolute atomic E-state index is 0.192. The monoisotopic (exact) mass is 234 g/mol. The zero-order chi connectivity index (χ0) is 12.5. The molecule has 1 rings (SSSR count). The summed E-state index contributed by atoms with van der Waals surface area (Å²) in [6.45, 7) is 5.93. The van der Waals surface area contributed by atoms with Gasteiger partial charge in [-0.2, -0.15) is 0 Å². The molecule has 16 heavy (non-hydrogen) atoms. The molecule has 0 bridgehead atoms. The predicted molar refractivity (Wildman–Crippen MR) is 58.0 cm³/mol. The Kier molecular flexibility index (Phi) is 4.31. The Morgan fingerprint density at radius 2 is 1.62 bits per heavy atom.